The highest BCUT2D eigenvalue weighted by Crippen LogP contribution is 2.38. The molecule has 0 unspecified atom stereocenters. The molecule has 0 bridgehead atoms. The van der Waals surface area contributed by atoms with Crippen molar-refractivity contribution in [3.63, 3.8) is 0 Å². The molecule has 4 nitrogen and oxygen atoms in total. The van der Waals surface area contributed by atoms with Crippen LogP contribution in [-0.4, -0.2) is 29.8 Å². The van der Waals surface area contributed by atoms with Crippen molar-refractivity contribution in [2.45, 2.75) is 33.6 Å². The number of carbonyl (C=O) groups excluding carboxylic acids is 2. The van der Waals surface area contributed by atoms with Gasteiger partial charge in [-0.05, 0) is 55.9 Å². The van der Waals surface area contributed by atoms with Crippen molar-refractivity contribution in [1.82, 2.24) is 4.90 Å². The molecule has 1 fully saturated rings. The van der Waals surface area contributed by atoms with Gasteiger partial charge in [-0.3, -0.25) is 9.59 Å². The predicted octanol–water partition coefficient (Wildman–Crippen LogP) is 4.60. The Hall–Kier alpha value is -3.02. The molecule has 0 atom stereocenters. The highest BCUT2D eigenvalue weighted by atomic mass is 19.1. The minimum Gasteiger partial charge on any atom is -0.366 e. The van der Waals surface area contributed by atoms with Crippen molar-refractivity contribution in [2.24, 2.45) is 5.92 Å². The Bertz CT molecular complexity index is 1070. The molecule has 0 aromatic heterocycles. The van der Waals surface area contributed by atoms with Crippen LogP contribution >= 0.6 is 0 Å². The fourth-order valence-corrected chi connectivity index (χ4v) is 4.26. The van der Waals surface area contributed by atoms with Crippen molar-refractivity contribution in [1.29, 1.82) is 0 Å². The van der Waals surface area contributed by atoms with Crippen LogP contribution in [0, 0.1) is 31.4 Å². The van der Waals surface area contributed by atoms with Crippen LogP contribution in [0.4, 0.5) is 14.5 Å². The summed E-state index contributed by atoms with van der Waals surface area (Å²) in [5.41, 5.74) is 2.95. The second-order valence-corrected chi connectivity index (χ2v) is 8.25. The minimum absolute atomic E-state index is 0.228. The Labute approximate surface area is 174 Å². The summed E-state index contributed by atoms with van der Waals surface area (Å²) in [6.45, 7) is 7.33. The largest absolute Gasteiger partial charge is 0.366 e. The molecule has 0 aliphatic carbocycles. The summed E-state index contributed by atoms with van der Waals surface area (Å²) in [7, 11) is 0. The van der Waals surface area contributed by atoms with Crippen molar-refractivity contribution < 1.29 is 18.4 Å². The van der Waals surface area contributed by atoms with Gasteiger partial charge in [0.05, 0.1) is 11.3 Å². The predicted molar refractivity (Wildman–Crippen MR) is 112 cm³/mol. The van der Waals surface area contributed by atoms with Crippen molar-refractivity contribution >= 4 is 23.1 Å². The lowest BCUT2D eigenvalue weighted by Gasteiger charge is -2.32. The summed E-state index contributed by atoms with van der Waals surface area (Å²) >= 11 is 0. The lowest BCUT2D eigenvalue weighted by Crippen LogP contribution is -2.38. The molecule has 30 heavy (non-hydrogen) atoms. The van der Waals surface area contributed by atoms with Crippen LogP contribution in [-0.2, 0) is 9.59 Å². The number of nitrogens with zero attached hydrogens (tertiary/aromatic N) is 2. The van der Waals surface area contributed by atoms with Gasteiger partial charge in [-0.1, -0.05) is 30.7 Å². The first-order chi connectivity index (χ1) is 14.3. The smallest absolute Gasteiger partial charge is 0.282 e. The molecule has 2 heterocycles. The van der Waals surface area contributed by atoms with Crippen molar-refractivity contribution in [2.75, 3.05) is 18.0 Å². The first-order valence-electron chi connectivity index (χ1n) is 10.2. The summed E-state index contributed by atoms with van der Waals surface area (Å²) in [5, 5.41) is 0. The van der Waals surface area contributed by atoms with E-state index in [9.17, 15) is 18.4 Å². The van der Waals surface area contributed by atoms with E-state index in [1.54, 1.807) is 0 Å². The van der Waals surface area contributed by atoms with Crippen LogP contribution in [0.5, 0.6) is 0 Å². The fraction of sp³-hybridized carbons (Fsp3) is 0.333. The van der Waals surface area contributed by atoms with E-state index in [4.69, 9.17) is 0 Å². The standard InChI is InChI=1S/C24H24F2N2O2/c1-14-8-10-27(11-9-14)22-21(18-6-4-15(2)12-16(18)3)23(29)28(24(22)30)20-7-5-17(25)13-19(20)26/h4-7,12-14H,8-11H2,1-3H3. The minimum atomic E-state index is -0.940. The van der Waals surface area contributed by atoms with Crippen LogP contribution in [0.1, 0.15) is 36.5 Å². The number of amides is 2. The molecule has 2 aliphatic heterocycles. The first kappa shape index (κ1) is 20.3. The zero-order valence-electron chi connectivity index (χ0n) is 17.3. The molecular weight excluding hydrogens is 386 g/mol. The quantitative estimate of drug-likeness (QED) is 0.695. The van der Waals surface area contributed by atoms with Gasteiger partial charge in [-0.25, -0.2) is 13.7 Å². The Balaban J connectivity index is 1.86. The number of halogens is 2. The maximum absolute atomic E-state index is 14.5. The van der Waals surface area contributed by atoms with E-state index in [-0.39, 0.29) is 11.3 Å². The number of rotatable bonds is 3. The van der Waals surface area contributed by atoms with Crippen molar-refractivity contribution in [3.05, 3.63) is 70.4 Å². The van der Waals surface area contributed by atoms with Gasteiger partial charge < -0.3 is 4.90 Å². The van der Waals surface area contributed by atoms with E-state index < -0.39 is 23.4 Å². The molecule has 0 N–H and O–H groups in total. The van der Waals surface area contributed by atoms with Gasteiger partial charge in [0.25, 0.3) is 11.8 Å². The summed E-state index contributed by atoms with van der Waals surface area (Å²) in [6.07, 6.45) is 1.83. The third kappa shape index (κ3) is 3.40. The van der Waals surface area contributed by atoms with Gasteiger partial charge in [-0.2, -0.15) is 0 Å². The van der Waals surface area contributed by atoms with E-state index >= 15 is 0 Å². The van der Waals surface area contributed by atoms with Gasteiger partial charge in [0, 0.05) is 19.2 Å². The molecule has 0 radical (unpaired) electrons. The molecule has 156 valence electrons. The summed E-state index contributed by atoms with van der Waals surface area (Å²) in [4.78, 5) is 29.7. The number of hydrogen-bond donors (Lipinski definition) is 0. The van der Waals surface area contributed by atoms with E-state index in [0.717, 1.165) is 41.0 Å². The highest BCUT2D eigenvalue weighted by Gasteiger charge is 2.44. The van der Waals surface area contributed by atoms with Crippen LogP contribution in [0.2, 0.25) is 0 Å². The summed E-state index contributed by atoms with van der Waals surface area (Å²) in [6, 6.07) is 8.56. The summed E-state index contributed by atoms with van der Waals surface area (Å²) < 4.78 is 27.9. The maximum atomic E-state index is 14.5. The average Bonchev–Trinajstić information content (AvgIpc) is 2.93. The lowest BCUT2D eigenvalue weighted by atomic mass is 9.95. The topological polar surface area (TPSA) is 40.6 Å². The van der Waals surface area contributed by atoms with Crippen molar-refractivity contribution in [3.8, 4) is 0 Å². The Kier molecular flexibility index (Phi) is 5.18. The van der Waals surface area contributed by atoms with E-state index in [0.29, 0.717) is 36.3 Å². The van der Waals surface area contributed by atoms with Gasteiger partial charge >= 0.3 is 0 Å². The number of likely N-dealkylation sites (tertiary alicyclic amines) is 1. The first-order valence-corrected chi connectivity index (χ1v) is 10.2. The highest BCUT2D eigenvalue weighted by molar-refractivity contribution is 6.45. The second kappa shape index (κ2) is 7.67. The zero-order valence-corrected chi connectivity index (χ0v) is 17.3. The number of piperidine rings is 1. The maximum Gasteiger partial charge on any atom is 0.282 e. The van der Waals surface area contributed by atoms with Crippen LogP contribution in [0.3, 0.4) is 0 Å². The zero-order chi connectivity index (χ0) is 21.6. The number of carbonyl (C=O) groups is 2. The fourth-order valence-electron chi connectivity index (χ4n) is 4.26. The monoisotopic (exact) mass is 410 g/mol. The van der Waals surface area contributed by atoms with E-state index in [2.05, 4.69) is 6.92 Å². The molecule has 2 aromatic rings. The summed E-state index contributed by atoms with van der Waals surface area (Å²) in [5.74, 6) is -2.29. The SMILES string of the molecule is Cc1ccc(C2=C(N3CCC(C)CC3)C(=O)N(c3ccc(F)cc3F)C2=O)c(C)c1. The molecule has 0 spiro atoms. The molecule has 0 saturated carbocycles. The van der Waals surface area contributed by atoms with Gasteiger partial charge in [0.1, 0.15) is 17.3 Å². The van der Waals surface area contributed by atoms with Gasteiger partial charge in [0.15, 0.2) is 0 Å². The number of imide groups is 1. The Morgan fingerprint density at radius 3 is 2.27 bits per heavy atom. The van der Waals surface area contributed by atoms with Crippen LogP contribution in [0.15, 0.2) is 42.1 Å². The normalized spacial score (nSPS) is 18.0. The number of hydrogen-bond acceptors (Lipinski definition) is 3. The molecule has 4 rings (SSSR count). The van der Waals surface area contributed by atoms with E-state index in [1.165, 1.54) is 0 Å². The van der Waals surface area contributed by atoms with Gasteiger partial charge in [0.2, 0.25) is 0 Å². The molecular formula is C24H24F2N2O2. The van der Waals surface area contributed by atoms with Gasteiger partial charge in [-0.15, -0.1) is 0 Å². The molecule has 6 heteroatoms. The van der Waals surface area contributed by atoms with Crippen LogP contribution in [0.25, 0.3) is 5.57 Å². The van der Waals surface area contributed by atoms with E-state index in [1.807, 2.05) is 36.9 Å². The Morgan fingerprint density at radius 1 is 0.933 bits per heavy atom. The number of benzene rings is 2. The molecule has 1 saturated heterocycles. The van der Waals surface area contributed by atoms with Crippen LogP contribution < -0.4 is 4.90 Å². The molecule has 2 aliphatic rings. The lowest BCUT2D eigenvalue weighted by molar-refractivity contribution is -0.120. The molecule has 2 aromatic carbocycles. The Morgan fingerprint density at radius 2 is 1.63 bits per heavy atom. The number of anilines is 1. The second-order valence-electron chi connectivity index (χ2n) is 8.25. The molecule has 2 amide bonds. The third-order valence-electron chi connectivity index (χ3n) is 5.96. The third-order valence-corrected chi connectivity index (χ3v) is 5.96. The number of aryl methyl sites for hydroxylation is 2. The average molecular weight is 410 g/mol.